The van der Waals surface area contributed by atoms with Gasteiger partial charge in [0.2, 0.25) is 0 Å². The lowest BCUT2D eigenvalue weighted by Gasteiger charge is -2.18. The van der Waals surface area contributed by atoms with Crippen molar-refractivity contribution in [2.75, 3.05) is 13.1 Å². The first-order chi connectivity index (χ1) is 9.46. The molecule has 0 aliphatic heterocycles. The fourth-order valence-corrected chi connectivity index (χ4v) is 2.28. The highest BCUT2D eigenvalue weighted by atomic mass is 79.9. The van der Waals surface area contributed by atoms with Crippen LogP contribution in [-0.4, -0.2) is 40.0 Å². The summed E-state index contributed by atoms with van der Waals surface area (Å²) in [5, 5.41) is 17.8. The maximum atomic E-state index is 12.1. The Kier molecular flexibility index (Phi) is 5.65. The Balaban J connectivity index is 3.14. The van der Waals surface area contributed by atoms with E-state index in [9.17, 15) is 9.59 Å². The predicted molar refractivity (Wildman–Crippen MR) is 75.2 cm³/mol. The van der Waals surface area contributed by atoms with Crippen LogP contribution in [0.15, 0.2) is 16.7 Å². The van der Waals surface area contributed by atoms with E-state index in [1.165, 1.54) is 12.3 Å². The molecule has 20 heavy (non-hydrogen) atoms. The van der Waals surface area contributed by atoms with Crippen molar-refractivity contribution in [3.63, 3.8) is 0 Å². The Morgan fingerprint density at radius 3 is 2.50 bits per heavy atom. The monoisotopic (exact) mass is 339 g/mol. The van der Waals surface area contributed by atoms with Gasteiger partial charge in [-0.3, -0.25) is 14.6 Å². The summed E-state index contributed by atoms with van der Waals surface area (Å²) in [4.78, 5) is 28.6. The number of hydrogen-bond donors (Lipinski definition) is 1. The summed E-state index contributed by atoms with van der Waals surface area (Å²) >= 11 is 3.17. The quantitative estimate of drug-likeness (QED) is 0.885. The number of halogens is 1. The van der Waals surface area contributed by atoms with Crippen molar-refractivity contribution in [3.05, 3.63) is 28.0 Å². The molecule has 0 bridgehead atoms. The van der Waals surface area contributed by atoms with Crippen LogP contribution in [0.1, 0.15) is 35.8 Å². The lowest BCUT2D eigenvalue weighted by atomic mass is 10.1. The molecule has 6 nitrogen and oxygen atoms in total. The minimum Gasteiger partial charge on any atom is -0.480 e. The van der Waals surface area contributed by atoms with Gasteiger partial charge in [0, 0.05) is 23.8 Å². The van der Waals surface area contributed by atoms with E-state index in [4.69, 9.17) is 10.4 Å². The third kappa shape index (κ3) is 3.33. The van der Waals surface area contributed by atoms with Gasteiger partial charge in [0.15, 0.2) is 5.92 Å². The molecule has 0 aliphatic rings. The highest BCUT2D eigenvalue weighted by molar-refractivity contribution is 9.10. The maximum Gasteiger partial charge on any atom is 0.327 e. The van der Waals surface area contributed by atoms with Crippen LogP contribution in [0.5, 0.6) is 0 Å². The van der Waals surface area contributed by atoms with Crippen molar-refractivity contribution in [2.24, 2.45) is 0 Å². The first-order valence-corrected chi connectivity index (χ1v) is 6.82. The number of aromatic nitrogens is 1. The number of aliphatic carboxylic acids is 1. The topological polar surface area (TPSA) is 94.3 Å². The van der Waals surface area contributed by atoms with Gasteiger partial charge < -0.3 is 10.0 Å². The van der Waals surface area contributed by atoms with Gasteiger partial charge in [-0.15, -0.1) is 0 Å². The molecule has 0 saturated carbocycles. The molecule has 1 N–H and O–H groups in total. The standard InChI is InChI=1S/C13H14BrN3O3/c1-3-17(4-2)12(18)8-5-10(14)11(16-7-8)9(6-15)13(19)20/h5,7,9H,3-4H2,1-2H3,(H,19,20). The average Bonchev–Trinajstić information content (AvgIpc) is 2.42. The van der Waals surface area contributed by atoms with Gasteiger partial charge in [0.25, 0.3) is 5.91 Å². The highest BCUT2D eigenvalue weighted by Gasteiger charge is 2.24. The van der Waals surface area contributed by atoms with E-state index in [2.05, 4.69) is 20.9 Å². The molecule has 0 fully saturated rings. The molecular weight excluding hydrogens is 326 g/mol. The Hall–Kier alpha value is -1.94. The zero-order valence-electron chi connectivity index (χ0n) is 11.1. The number of nitriles is 1. The summed E-state index contributed by atoms with van der Waals surface area (Å²) in [6, 6.07) is 3.16. The number of hydrogen-bond acceptors (Lipinski definition) is 4. The van der Waals surface area contributed by atoms with E-state index in [1.807, 2.05) is 13.8 Å². The predicted octanol–water partition coefficient (Wildman–Crippen LogP) is 2.02. The molecule has 0 spiro atoms. The van der Waals surface area contributed by atoms with E-state index in [-0.39, 0.29) is 11.6 Å². The van der Waals surface area contributed by atoms with Crippen LogP contribution in [-0.2, 0) is 4.79 Å². The molecule has 1 aromatic rings. The van der Waals surface area contributed by atoms with Gasteiger partial charge in [0.05, 0.1) is 17.3 Å². The summed E-state index contributed by atoms with van der Waals surface area (Å²) in [5.41, 5.74) is 0.447. The van der Waals surface area contributed by atoms with Crippen LogP contribution in [0.3, 0.4) is 0 Å². The zero-order chi connectivity index (χ0) is 15.3. The largest absolute Gasteiger partial charge is 0.480 e. The van der Waals surface area contributed by atoms with E-state index in [1.54, 1.807) is 11.0 Å². The Bertz CT molecular complexity index is 564. The lowest BCUT2D eigenvalue weighted by molar-refractivity contribution is -0.137. The average molecular weight is 340 g/mol. The Labute approximate surface area is 125 Å². The molecular formula is C13H14BrN3O3. The zero-order valence-corrected chi connectivity index (χ0v) is 12.7. The number of carboxylic acids is 1. The first kappa shape index (κ1) is 16.1. The molecule has 7 heteroatoms. The van der Waals surface area contributed by atoms with Crippen LogP contribution in [0.2, 0.25) is 0 Å². The van der Waals surface area contributed by atoms with E-state index in [0.29, 0.717) is 23.1 Å². The Morgan fingerprint density at radius 1 is 1.50 bits per heavy atom. The fourth-order valence-electron chi connectivity index (χ4n) is 1.70. The van der Waals surface area contributed by atoms with E-state index >= 15 is 0 Å². The van der Waals surface area contributed by atoms with Crippen LogP contribution in [0.4, 0.5) is 0 Å². The number of rotatable bonds is 5. The van der Waals surface area contributed by atoms with Crippen molar-refractivity contribution in [3.8, 4) is 6.07 Å². The summed E-state index contributed by atoms with van der Waals surface area (Å²) in [5.74, 6) is -2.82. The summed E-state index contributed by atoms with van der Waals surface area (Å²) in [6.45, 7) is 4.89. The minimum absolute atomic E-state index is 0.0936. The van der Waals surface area contributed by atoms with Crippen LogP contribution in [0.25, 0.3) is 0 Å². The fraction of sp³-hybridized carbons (Fsp3) is 0.385. The number of nitrogens with zero attached hydrogens (tertiary/aromatic N) is 3. The van der Waals surface area contributed by atoms with Crippen molar-refractivity contribution >= 4 is 27.8 Å². The third-order valence-electron chi connectivity index (χ3n) is 2.82. The van der Waals surface area contributed by atoms with Gasteiger partial charge in [0.1, 0.15) is 0 Å². The minimum atomic E-state index is -1.36. The van der Waals surface area contributed by atoms with Gasteiger partial charge in [-0.05, 0) is 35.8 Å². The van der Waals surface area contributed by atoms with E-state index in [0.717, 1.165) is 0 Å². The number of carboxylic acid groups (broad SMARTS) is 1. The molecule has 1 heterocycles. The SMILES string of the molecule is CCN(CC)C(=O)c1cnc(C(C#N)C(=O)O)c(Br)c1. The number of carbonyl (C=O) groups excluding carboxylic acids is 1. The van der Waals surface area contributed by atoms with Crippen molar-refractivity contribution in [2.45, 2.75) is 19.8 Å². The molecule has 0 radical (unpaired) electrons. The number of carbonyl (C=O) groups is 2. The second-order valence-electron chi connectivity index (χ2n) is 3.97. The van der Waals surface area contributed by atoms with Crippen LogP contribution in [0, 0.1) is 11.3 Å². The molecule has 1 amide bonds. The van der Waals surface area contributed by atoms with E-state index < -0.39 is 11.9 Å². The summed E-state index contributed by atoms with van der Waals surface area (Å²) in [6.07, 6.45) is 1.30. The molecule has 0 saturated heterocycles. The molecule has 1 unspecified atom stereocenters. The Morgan fingerprint density at radius 2 is 2.10 bits per heavy atom. The number of amides is 1. The van der Waals surface area contributed by atoms with Crippen molar-refractivity contribution < 1.29 is 14.7 Å². The lowest BCUT2D eigenvalue weighted by Crippen LogP contribution is -2.30. The van der Waals surface area contributed by atoms with Crippen LogP contribution >= 0.6 is 15.9 Å². The summed E-state index contributed by atoms with van der Waals surface area (Å²) in [7, 11) is 0. The molecule has 1 aromatic heterocycles. The second-order valence-corrected chi connectivity index (χ2v) is 4.82. The molecule has 0 aromatic carbocycles. The van der Waals surface area contributed by atoms with Crippen LogP contribution < -0.4 is 0 Å². The normalized spacial score (nSPS) is 11.5. The number of pyridine rings is 1. The smallest absolute Gasteiger partial charge is 0.327 e. The molecule has 1 rings (SSSR count). The first-order valence-electron chi connectivity index (χ1n) is 6.03. The van der Waals surface area contributed by atoms with Gasteiger partial charge in [-0.1, -0.05) is 0 Å². The maximum absolute atomic E-state index is 12.1. The van der Waals surface area contributed by atoms with Gasteiger partial charge >= 0.3 is 5.97 Å². The highest BCUT2D eigenvalue weighted by Crippen LogP contribution is 2.24. The molecule has 106 valence electrons. The van der Waals surface area contributed by atoms with Gasteiger partial charge in [-0.2, -0.15) is 5.26 Å². The third-order valence-corrected chi connectivity index (χ3v) is 3.45. The molecule has 0 aliphatic carbocycles. The second kappa shape index (κ2) is 7.01. The van der Waals surface area contributed by atoms with Crippen molar-refractivity contribution in [1.29, 1.82) is 5.26 Å². The van der Waals surface area contributed by atoms with Gasteiger partial charge in [-0.25, -0.2) is 0 Å². The summed E-state index contributed by atoms with van der Waals surface area (Å²) < 4.78 is 0.337. The van der Waals surface area contributed by atoms with Crippen molar-refractivity contribution in [1.82, 2.24) is 9.88 Å². The molecule has 1 atom stereocenters.